The maximum Gasteiger partial charge on any atom is 0.268 e. The summed E-state index contributed by atoms with van der Waals surface area (Å²) < 4.78 is 26.3. The van der Waals surface area contributed by atoms with E-state index in [-0.39, 0.29) is 16.2 Å². The van der Waals surface area contributed by atoms with Gasteiger partial charge in [0, 0.05) is 5.39 Å². The molecule has 0 unspecified atom stereocenters. The summed E-state index contributed by atoms with van der Waals surface area (Å²) in [7, 11) is -3.99. The molecule has 116 valence electrons. The van der Waals surface area contributed by atoms with Crippen molar-refractivity contribution in [3.05, 3.63) is 72.3 Å². The number of fused-ring (bicyclic) bond motifs is 1. The van der Waals surface area contributed by atoms with Crippen LogP contribution < -0.4 is 4.72 Å². The third-order valence-electron chi connectivity index (χ3n) is 3.43. The number of nitrogens with one attached hydrogen (secondary N) is 1. The van der Waals surface area contributed by atoms with E-state index in [1.54, 1.807) is 48.5 Å². The highest BCUT2D eigenvalue weighted by Crippen LogP contribution is 2.28. The van der Waals surface area contributed by atoms with E-state index in [0.29, 0.717) is 5.39 Å². The minimum absolute atomic E-state index is 0.0198. The molecule has 0 aliphatic heterocycles. The third kappa shape index (κ3) is 2.89. The third-order valence-corrected chi connectivity index (χ3v) is 4.77. The zero-order chi connectivity index (χ0) is 16.4. The van der Waals surface area contributed by atoms with Gasteiger partial charge in [-0.15, -0.1) is 0 Å². The van der Waals surface area contributed by atoms with Crippen molar-refractivity contribution in [3.63, 3.8) is 0 Å². The van der Waals surface area contributed by atoms with Crippen molar-refractivity contribution in [3.8, 4) is 5.75 Å². The average Bonchev–Trinajstić information content (AvgIpc) is 2.56. The highest BCUT2D eigenvalue weighted by Gasteiger charge is 2.21. The van der Waals surface area contributed by atoms with Crippen LogP contribution in [0.2, 0.25) is 0 Å². The molecule has 0 fully saturated rings. The molecule has 0 bridgehead atoms. The van der Waals surface area contributed by atoms with Crippen LogP contribution in [-0.4, -0.2) is 19.4 Å². The molecular formula is C17H13NO4S. The normalized spacial score (nSPS) is 11.3. The highest BCUT2D eigenvalue weighted by molar-refractivity contribution is 7.90. The molecule has 0 atom stereocenters. The molecule has 3 rings (SSSR count). The van der Waals surface area contributed by atoms with Crippen LogP contribution in [0.3, 0.4) is 0 Å². The Labute approximate surface area is 133 Å². The molecule has 5 nitrogen and oxygen atoms in total. The van der Waals surface area contributed by atoms with Crippen molar-refractivity contribution < 1.29 is 18.3 Å². The van der Waals surface area contributed by atoms with Crippen molar-refractivity contribution in [1.82, 2.24) is 4.72 Å². The number of carbonyl (C=O) groups excluding carboxylic acids is 1. The second kappa shape index (κ2) is 5.73. The van der Waals surface area contributed by atoms with Gasteiger partial charge in [0.2, 0.25) is 0 Å². The van der Waals surface area contributed by atoms with Crippen LogP contribution in [0.5, 0.6) is 5.75 Å². The summed E-state index contributed by atoms with van der Waals surface area (Å²) in [6.45, 7) is 0. The van der Waals surface area contributed by atoms with E-state index < -0.39 is 15.9 Å². The fourth-order valence-electron chi connectivity index (χ4n) is 2.27. The van der Waals surface area contributed by atoms with E-state index in [1.165, 1.54) is 18.2 Å². The maximum absolute atomic E-state index is 12.2. The zero-order valence-electron chi connectivity index (χ0n) is 11.9. The van der Waals surface area contributed by atoms with E-state index >= 15 is 0 Å². The number of phenolic OH excluding ortho intramolecular Hbond substituents is 1. The Morgan fingerprint density at radius 1 is 0.870 bits per heavy atom. The first-order chi connectivity index (χ1) is 11.0. The molecule has 0 aliphatic carbocycles. The fraction of sp³-hybridized carbons (Fsp3) is 0. The number of rotatable bonds is 3. The lowest BCUT2D eigenvalue weighted by Gasteiger charge is -2.09. The minimum atomic E-state index is -3.99. The Morgan fingerprint density at radius 3 is 2.26 bits per heavy atom. The molecular weight excluding hydrogens is 314 g/mol. The number of carbonyl (C=O) groups is 1. The van der Waals surface area contributed by atoms with Crippen molar-refractivity contribution in [2.75, 3.05) is 0 Å². The van der Waals surface area contributed by atoms with E-state index in [2.05, 4.69) is 0 Å². The van der Waals surface area contributed by atoms with E-state index in [0.717, 1.165) is 5.39 Å². The first-order valence-electron chi connectivity index (χ1n) is 6.82. The summed E-state index contributed by atoms with van der Waals surface area (Å²) in [5.41, 5.74) is -0.0943. The lowest BCUT2D eigenvalue weighted by Crippen LogP contribution is -2.30. The number of benzene rings is 3. The lowest BCUT2D eigenvalue weighted by molar-refractivity contribution is 0.0979. The number of hydrogen-bond donors (Lipinski definition) is 2. The van der Waals surface area contributed by atoms with Crippen LogP contribution in [0.4, 0.5) is 0 Å². The zero-order valence-corrected chi connectivity index (χ0v) is 12.7. The SMILES string of the molecule is O=C(NS(=O)(=O)c1ccccc1)c1ccc2ccccc2c1O. The number of phenols is 1. The molecule has 3 aromatic carbocycles. The van der Waals surface area contributed by atoms with Crippen LogP contribution in [0.25, 0.3) is 10.8 Å². The Balaban J connectivity index is 1.97. The Kier molecular flexibility index (Phi) is 3.75. The van der Waals surface area contributed by atoms with Gasteiger partial charge in [-0.1, -0.05) is 48.5 Å². The van der Waals surface area contributed by atoms with Crippen LogP contribution in [0.15, 0.2) is 71.6 Å². The van der Waals surface area contributed by atoms with E-state index in [4.69, 9.17) is 0 Å². The van der Waals surface area contributed by atoms with Crippen LogP contribution in [0, 0.1) is 0 Å². The summed E-state index contributed by atoms with van der Waals surface area (Å²) >= 11 is 0. The molecule has 0 aromatic heterocycles. The van der Waals surface area contributed by atoms with Crippen LogP contribution in [-0.2, 0) is 10.0 Å². The van der Waals surface area contributed by atoms with Gasteiger partial charge in [0.1, 0.15) is 5.75 Å². The van der Waals surface area contributed by atoms with Gasteiger partial charge in [0.25, 0.3) is 15.9 Å². The standard InChI is InChI=1S/C17H13NO4S/c19-16-14-9-5-4-6-12(14)10-11-15(16)17(20)18-23(21,22)13-7-2-1-3-8-13/h1-11,19H,(H,18,20). The van der Waals surface area contributed by atoms with E-state index in [1.807, 2.05) is 4.72 Å². The average molecular weight is 327 g/mol. The van der Waals surface area contributed by atoms with Crippen LogP contribution in [0.1, 0.15) is 10.4 Å². The van der Waals surface area contributed by atoms with Crippen molar-refractivity contribution in [2.45, 2.75) is 4.90 Å². The molecule has 0 saturated heterocycles. The molecule has 0 saturated carbocycles. The van der Waals surface area contributed by atoms with Crippen molar-refractivity contribution in [2.24, 2.45) is 0 Å². The number of sulfonamides is 1. The van der Waals surface area contributed by atoms with Gasteiger partial charge in [-0.25, -0.2) is 13.1 Å². The smallest absolute Gasteiger partial charge is 0.268 e. The first kappa shape index (κ1) is 15.1. The van der Waals surface area contributed by atoms with Gasteiger partial charge >= 0.3 is 0 Å². The van der Waals surface area contributed by atoms with Crippen LogP contribution >= 0.6 is 0 Å². The second-order valence-corrected chi connectivity index (χ2v) is 6.61. The molecule has 2 N–H and O–H groups in total. The molecule has 0 spiro atoms. The molecule has 0 radical (unpaired) electrons. The summed E-state index contributed by atoms with van der Waals surface area (Å²) in [6, 6.07) is 17.6. The predicted molar refractivity (Wildman–Crippen MR) is 86.7 cm³/mol. The quantitative estimate of drug-likeness (QED) is 0.775. The van der Waals surface area contributed by atoms with Crippen molar-refractivity contribution in [1.29, 1.82) is 0 Å². The summed E-state index contributed by atoms with van der Waals surface area (Å²) in [6.07, 6.45) is 0. The van der Waals surface area contributed by atoms with Crippen molar-refractivity contribution >= 4 is 26.7 Å². The van der Waals surface area contributed by atoms with Gasteiger partial charge in [-0.05, 0) is 23.6 Å². The number of hydrogen-bond acceptors (Lipinski definition) is 4. The Morgan fingerprint density at radius 2 is 1.52 bits per heavy atom. The topological polar surface area (TPSA) is 83.5 Å². The monoisotopic (exact) mass is 327 g/mol. The predicted octanol–water partition coefficient (Wildman–Crippen LogP) is 2.66. The lowest BCUT2D eigenvalue weighted by atomic mass is 10.1. The molecule has 6 heteroatoms. The molecule has 0 aliphatic rings. The first-order valence-corrected chi connectivity index (χ1v) is 8.30. The molecule has 23 heavy (non-hydrogen) atoms. The maximum atomic E-state index is 12.2. The molecule has 0 heterocycles. The number of amides is 1. The van der Waals surface area contributed by atoms with Gasteiger partial charge in [-0.3, -0.25) is 4.79 Å². The Bertz CT molecular complexity index is 982. The van der Waals surface area contributed by atoms with Gasteiger partial charge in [0.05, 0.1) is 10.5 Å². The summed E-state index contributed by atoms with van der Waals surface area (Å²) in [5, 5.41) is 11.5. The minimum Gasteiger partial charge on any atom is -0.506 e. The van der Waals surface area contributed by atoms with Gasteiger partial charge in [-0.2, -0.15) is 0 Å². The largest absolute Gasteiger partial charge is 0.506 e. The summed E-state index contributed by atoms with van der Waals surface area (Å²) in [5.74, 6) is -1.12. The molecule has 1 amide bonds. The van der Waals surface area contributed by atoms with E-state index in [9.17, 15) is 18.3 Å². The number of aromatic hydroxyl groups is 1. The fourth-order valence-corrected chi connectivity index (χ4v) is 3.26. The van der Waals surface area contributed by atoms with Gasteiger partial charge < -0.3 is 5.11 Å². The van der Waals surface area contributed by atoms with Gasteiger partial charge in [0.15, 0.2) is 0 Å². The highest BCUT2D eigenvalue weighted by atomic mass is 32.2. The Hall–Kier alpha value is -2.86. The summed E-state index contributed by atoms with van der Waals surface area (Å²) in [4.78, 5) is 12.2. The second-order valence-electron chi connectivity index (χ2n) is 4.93. The molecule has 3 aromatic rings.